The minimum atomic E-state index is -0.130. The van der Waals surface area contributed by atoms with E-state index < -0.39 is 0 Å². The first-order valence-corrected chi connectivity index (χ1v) is 16.8. The van der Waals surface area contributed by atoms with Crippen molar-refractivity contribution in [3.63, 3.8) is 0 Å². The summed E-state index contributed by atoms with van der Waals surface area (Å²) in [7, 11) is 3.92. The van der Waals surface area contributed by atoms with E-state index in [1.807, 2.05) is 32.0 Å². The largest absolute Gasteiger partial charge is 0.496 e. The lowest BCUT2D eigenvalue weighted by molar-refractivity contribution is -0.127. The molecule has 0 radical (unpaired) electrons. The van der Waals surface area contributed by atoms with E-state index in [-0.39, 0.29) is 23.8 Å². The Morgan fingerprint density at radius 3 is 2.31 bits per heavy atom. The van der Waals surface area contributed by atoms with E-state index in [0.717, 1.165) is 59.7 Å². The molecular formula is C39H48N2O4. The first-order chi connectivity index (χ1) is 21.7. The zero-order chi connectivity index (χ0) is 31.7. The molecule has 0 aromatic heterocycles. The van der Waals surface area contributed by atoms with Gasteiger partial charge in [-0.2, -0.15) is 0 Å². The van der Waals surface area contributed by atoms with E-state index >= 15 is 0 Å². The number of likely N-dealkylation sites (N-methyl/N-ethyl adjacent to an activating group) is 1. The van der Waals surface area contributed by atoms with Crippen LogP contribution in [0.3, 0.4) is 0 Å². The van der Waals surface area contributed by atoms with Gasteiger partial charge in [-0.1, -0.05) is 49.4 Å². The number of ketones is 1. The van der Waals surface area contributed by atoms with Crippen LogP contribution < -0.4 is 14.8 Å². The minimum Gasteiger partial charge on any atom is -0.496 e. The maximum Gasteiger partial charge on any atom is 0.255 e. The molecule has 3 aromatic carbocycles. The summed E-state index contributed by atoms with van der Waals surface area (Å²) in [5.74, 6) is 2.91. The molecule has 1 N–H and O–H groups in total. The molecule has 6 nitrogen and oxygen atoms in total. The predicted molar refractivity (Wildman–Crippen MR) is 179 cm³/mol. The molecule has 2 fully saturated rings. The Balaban J connectivity index is 1.14. The zero-order valence-electron chi connectivity index (χ0n) is 27.5. The smallest absolute Gasteiger partial charge is 0.255 e. The molecule has 6 rings (SSSR count). The van der Waals surface area contributed by atoms with Gasteiger partial charge in [0.15, 0.2) is 0 Å². The Kier molecular flexibility index (Phi) is 9.32. The van der Waals surface area contributed by atoms with Gasteiger partial charge in [0, 0.05) is 43.0 Å². The third-order valence-electron chi connectivity index (χ3n) is 10.2. The van der Waals surface area contributed by atoms with Crippen molar-refractivity contribution in [3.05, 3.63) is 82.9 Å². The van der Waals surface area contributed by atoms with Gasteiger partial charge in [0.1, 0.15) is 17.3 Å². The van der Waals surface area contributed by atoms with Gasteiger partial charge in [0.05, 0.1) is 18.8 Å². The highest BCUT2D eigenvalue weighted by Gasteiger charge is 2.47. The van der Waals surface area contributed by atoms with Crippen LogP contribution in [-0.4, -0.2) is 56.0 Å². The highest BCUT2D eigenvalue weighted by Crippen LogP contribution is 2.52. The summed E-state index contributed by atoms with van der Waals surface area (Å²) in [4.78, 5) is 29.1. The number of amides is 1. The number of nitrogens with zero attached hydrogens (tertiary/aromatic N) is 1. The van der Waals surface area contributed by atoms with Crippen molar-refractivity contribution in [1.29, 1.82) is 0 Å². The Labute approximate surface area is 268 Å². The summed E-state index contributed by atoms with van der Waals surface area (Å²) in [6.07, 6.45) is 6.03. The normalized spacial score (nSPS) is 22.6. The van der Waals surface area contributed by atoms with E-state index in [0.29, 0.717) is 42.0 Å². The van der Waals surface area contributed by atoms with Gasteiger partial charge in [-0.15, -0.1) is 0 Å². The molecule has 1 amide bonds. The Bertz CT molecular complexity index is 1510. The number of ether oxygens (including phenoxy) is 2. The molecule has 238 valence electrons. The van der Waals surface area contributed by atoms with Crippen LogP contribution in [0.5, 0.6) is 11.5 Å². The van der Waals surface area contributed by atoms with Gasteiger partial charge in [-0.3, -0.25) is 9.59 Å². The summed E-state index contributed by atoms with van der Waals surface area (Å²) in [5.41, 5.74) is 6.32. The summed E-state index contributed by atoms with van der Waals surface area (Å²) in [5, 5.41) is 3.14. The van der Waals surface area contributed by atoms with Crippen LogP contribution in [0.2, 0.25) is 0 Å². The van der Waals surface area contributed by atoms with Crippen LogP contribution in [0.15, 0.2) is 60.7 Å². The standard InChI is InChI=1S/C39H48N2O4/c1-24(2)45-31-15-12-29(13-16-31)28-10-8-26(9-11-28)20-21-40-39(43)33-17-14-30-22-34(41(4)23-27-6-7-27)32-18-19-35(42)25(3)36(32)37(30)38(33)44-5/h8-17,24-25,27,32,34,36H,6-7,18-23H2,1-5H3,(H,40,43)/t25?,32-,34+,36?/m0/s1. The van der Waals surface area contributed by atoms with Crippen molar-refractivity contribution in [1.82, 2.24) is 10.2 Å². The van der Waals surface area contributed by atoms with E-state index in [4.69, 9.17) is 9.47 Å². The van der Waals surface area contributed by atoms with Gasteiger partial charge in [0.2, 0.25) is 0 Å². The number of methoxy groups -OCH3 is 1. The number of hydrogen-bond donors (Lipinski definition) is 1. The highest BCUT2D eigenvalue weighted by molar-refractivity contribution is 5.98. The lowest BCUT2D eigenvalue weighted by Crippen LogP contribution is -2.50. The first-order valence-electron chi connectivity index (χ1n) is 16.8. The number of Topliss-reactive ketones (excluding diaryl/α,β-unsaturated/α-hetero) is 1. The lowest BCUT2D eigenvalue weighted by Gasteiger charge is -2.48. The van der Waals surface area contributed by atoms with Crippen LogP contribution in [0, 0.1) is 17.8 Å². The van der Waals surface area contributed by atoms with Gasteiger partial charge < -0.3 is 19.7 Å². The Morgan fingerprint density at radius 1 is 0.978 bits per heavy atom. The van der Waals surface area contributed by atoms with Crippen molar-refractivity contribution in [3.8, 4) is 22.6 Å². The van der Waals surface area contributed by atoms with E-state index in [2.05, 4.69) is 66.7 Å². The fourth-order valence-electron chi connectivity index (χ4n) is 7.75. The maximum atomic E-state index is 13.6. The number of nitrogens with one attached hydrogen (secondary N) is 1. The lowest BCUT2D eigenvalue weighted by atomic mass is 9.60. The molecule has 2 saturated carbocycles. The molecule has 2 unspecified atom stereocenters. The average Bonchev–Trinajstić information content (AvgIpc) is 3.86. The molecule has 45 heavy (non-hydrogen) atoms. The number of hydrogen-bond acceptors (Lipinski definition) is 5. The summed E-state index contributed by atoms with van der Waals surface area (Å²) >= 11 is 0. The minimum absolute atomic E-state index is 0.0711. The van der Waals surface area contributed by atoms with Gasteiger partial charge in [-0.25, -0.2) is 0 Å². The van der Waals surface area contributed by atoms with Gasteiger partial charge >= 0.3 is 0 Å². The summed E-state index contributed by atoms with van der Waals surface area (Å²) < 4.78 is 11.8. The van der Waals surface area contributed by atoms with Crippen LogP contribution in [-0.2, 0) is 17.6 Å². The monoisotopic (exact) mass is 608 g/mol. The molecule has 6 heteroatoms. The topological polar surface area (TPSA) is 67.9 Å². The second kappa shape index (κ2) is 13.4. The SMILES string of the molecule is COc1c(C(=O)NCCc2ccc(-c3ccc(OC(C)C)cc3)cc2)ccc2c1C1C(C)C(=O)CC[C@H]1[C@H](N(C)CC1CC1)C2. The molecule has 0 spiro atoms. The number of fused-ring (bicyclic) bond motifs is 3. The average molecular weight is 609 g/mol. The fraction of sp³-hybridized carbons (Fsp3) is 0.487. The third kappa shape index (κ3) is 6.81. The molecular weight excluding hydrogens is 560 g/mol. The fourth-order valence-corrected chi connectivity index (χ4v) is 7.75. The van der Waals surface area contributed by atoms with Crippen molar-refractivity contribution >= 4 is 11.7 Å². The second-order valence-electron chi connectivity index (χ2n) is 13.8. The second-order valence-corrected chi connectivity index (χ2v) is 13.8. The van der Waals surface area contributed by atoms with Crippen LogP contribution in [0.25, 0.3) is 11.1 Å². The van der Waals surface area contributed by atoms with E-state index in [1.165, 1.54) is 18.4 Å². The highest BCUT2D eigenvalue weighted by atomic mass is 16.5. The molecule has 0 bridgehead atoms. The third-order valence-corrected chi connectivity index (χ3v) is 10.2. The van der Waals surface area contributed by atoms with Gasteiger partial charge in [0.25, 0.3) is 5.91 Å². The molecule has 0 heterocycles. The van der Waals surface area contributed by atoms with Gasteiger partial charge in [-0.05, 0) is 105 Å². The summed E-state index contributed by atoms with van der Waals surface area (Å²) in [6.45, 7) is 7.79. The molecule has 3 aromatic rings. The first kappa shape index (κ1) is 31.3. The van der Waals surface area contributed by atoms with Crippen molar-refractivity contribution < 1.29 is 19.1 Å². The Morgan fingerprint density at radius 2 is 1.67 bits per heavy atom. The summed E-state index contributed by atoms with van der Waals surface area (Å²) in [6, 6.07) is 21.1. The molecule has 3 aliphatic carbocycles. The van der Waals surface area contributed by atoms with Crippen molar-refractivity contribution in [2.75, 3.05) is 27.2 Å². The van der Waals surface area contributed by atoms with Crippen LogP contribution >= 0.6 is 0 Å². The number of benzene rings is 3. The predicted octanol–water partition coefficient (Wildman–Crippen LogP) is 7.09. The molecule has 4 atom stereocenters. The van der Waals surface area contributed by atoms with E-state index in [1.54, 1.807) is 7.11 Å². The van der Waals surface area contributed by atoms with Crippen LogP contribution in [0.4, 0.5) is 0 Å². The molecule has 3 aliphatic rings. The van der Waals surface area contributed by atoms with Crippen LogP contribution in [0.1, 0.15) is 79.4 Å². The Hall–Kier alpha value is -3.64. The van der Waals surface area contributed by atoms with E-state index in [9.17, 15) is 9.59 Å². The van der Waals surface area contributed by atoms with Crippen molar-refractivity contribution in [2.45, 2.75) is 77.4 Å². The maximum absolute atomic E-state index is 13.6. The quantitative estimate of drug-likeness (QED) is 0.252. The zero-order valence-corrected chi connectivity index (χ0v) is 27.5. The number of carbonyl (C=O) groups excluding carboxylic acids is 2. The molecule has 0 aliphatic heterocycles. The number of carbonyl (C=O) groups is 2. The molecule has 0 saturated heterocycles. The number of rotatable bonds is 11. The van der Waals surface area contributed by atoms with Crippen molar-refractivity contribution in [2.24, 2.45) is 17.8 Å².